The Morgan fingerprint density at radius 3 is 2.33 bits per heavy atom. The Balaban J connectivity index is 2.04. The second-order valence-corrected chi connectivity index (χ2v) is 9.01. The van der Waals surface area contributed by atoms with E-state index in [1.54, 1.807) is 26.2 Å². The molecule has 30 heavy (non-hydrogen) atoms. The molecule has 1 N–H and O–H groups in total. The van der Waals surface area contributed by atoms with Crippen LogP contribution >= 0.6 is 0 Å². The number of carbonyl (C=O) groups is 1. The van der Waals surface area contributed by atoms with E-state index < -0.39 is 16.1 Å². The number of sulfonamides is 1. The molecule has 8 heteroatoms. The molecule has 0 aliphatic heterocycles. The molecule has 0 radical (unpaired) electrons. The number of carbonyl (C=O) groups excluding carboxylic acids is 1. The zero-order chi connectivity index (χ0) is 22.3. The average Bonchev–Trinajstić information content (AvgIpc) is 2.70. The van der Waals surface area contributed by atoms with Gasteiger partial charge in [-0.2, -0.15) is 0 Å². The van der Waals surface area contributed by atoms with Crippen LogP contribution in [0.25, 0.3) is 0 Å². The molecule has 0 spiro atoms. The highest BCUT2D eigenvalue weighted by atomic mass is 32.2. The third-order valence-electron chi connectivity index (χ3n) is 4.76. The first-order valence-electron chi connectivity index (χ1n) is 9.72. The minimum Gasteiger partial charge on any atom is -0.497 e. The van der Waals surface area contributed by atoms with Gasteiger partial charge in [-0.05, 0) is 62.1 Å². The van der Waals surface area contributed by atoms with E-state index in [0.29, 0.717) is 18.0 Å². The molecule has 0 aromatic heterocycles. The number of methoxy groups -OCH3 is 2. The van der Waals surface area contributed by atoms with Crippen molar-refractivity contribution in [2.24, 2.45) is 0 Å². The Hall–Kier alpha value is -2.74. The van der Waals surface area contributed by atoms with Gasteiger partial charge in [-0.1, -0.05) is 18.2 Å². The minimum atomic E-state index is -3.71. The molecule has 0 saturated heterocycles. The molecule has 2 rings (SSSR count). The predicted octanol–water partition coefficient (Wildman–Crippen LogP) is 2.92. The molecular weight excluding hydrogens is 404 g/mol. The number of amides is 1. The molecule has 0 aliphatic rings. The maximum absolute atomic E-state index is 12.7. The molecule has 1 amide bonds. The number of aryl methyl sites for hydroxylation is 2. The Morgan fingerprint density at radius 2 is 1.77 bits per heavy atom. The van der Waals surface area contributed by atoms with E-state index in [4.69, 9.17) is 9.47 Å². The number of hydrogen-bond donors (Lipinski definition) is 1. The summed E-state index contributed by atoms with van der Waals surface area (Å²) in [4.78, 5) is 12.7. The fourth-order valence-corrected chi connectivity index (χ4v) is 4.37. The van der Waals surface area contributed by atoms with Gasteiger partial charge in [-0.3, -0.25) is 9.10 Å². The van der Waals surface area contributed by atoms with E-state index in [1.807, 2.05) is 37.3 Å². The van der Waals surface area contributed by atoms with Crippen LogP contribution in [0.15, 0.2) is 42.5 Å². The van der Waals surface area contributed by atoms with E-state index in [1.165, 1.54) is 7.11 Å². The predicted molar refractivity (Wildman–Crippen MR) is 119 cm³/mol. The van der Waals surface area contributed by atoms with Gasteiger partial charge in [0.1, 0.15) is 17.5 Å². The van der Waals surface area contributed by atoms with Crippen molar-refractivity contribution in [1.82, 2.24) is 5.32 Å². The number of nitrogens with zero attached hydrogens (tertiary/aromatic N) is 1. The summed E-state index contributed by atoms with van der Waals surface area (Å²) >= 11 is 0. The number of ether oxygens (including phenoxy) is 2. The molecule has 0 heterocycles. The number of benzene rings is 2. The van der Waals surface area contributed by atoms with Gasteiger partial charge in [0.25, 0.3) is 0 Å². The molecule has 7 nitrogen and oxygen atoms in total. The number of hydrogen-bond acceptors (Lipinski definition) is 5. The van der Waals surface area contributed by atoms with Crippen molar-refractivity contribution in [1.29, 1.82) is 0 Å². The number of rotatable bonds is 10. The summed E-state index contributed by atoms with van der Waals surface area (Å²) in [5.41, 5.74) is 2.35. The van der Waals surface area contributed by atoms with Crippen molar-refractivity contribution in [2.75, 3.05) is 31.3 Å². The maximum atomic E-state index is 12.7. The summed E-state index contributed by atoms with van der Waals surface area (Å²) in [6.07, 6.45) is 2.61. The molecule has 0 bridgehead atoms. The largest absolute Gasteiger partial charge is 0.497 e. The second-order valence-electron chi connectivity index (χ2n) is 7.15. The average molecular weight is 435 g/mol. The van der Waals surface area contributed by atoms with Crippen LogP contribution in [0.1, 0.15) is 24.5 Å². The molecule has 0 aliphatic carbocycles. The summed E-state index contributed by atoms with van der Waals surface area (Å²) in [5, 5.41) is 2.84. The van der Waals surface area contributed by atoms with Gasteiger partial charge in [0.15, 0.2) is 0 Å². The van der Waals surface area contributed by atoms with Gasteiger partial charge in [-0.15, -0.1) is 0 Å². The summed E-state index contributed by atoms with van der Waals surface area (Å²) in [5.74, 6) is 0.831. The molecule has 0 fully saturated rings. The topological polar surface area (TPSA) is 84.9 Å². The standard InChI is InChI=1S/C22H30N2O5S/c1-16-8-13-21(29-4)20(15-16)24(30(5,26)27)17(2)22(25)23-14-6-7-18-9-11-19(28-3)12-10-18/h8-13,15,17H,6-7,14H2,1-5H3,(H,23,25). The van der Waals surface area contributed by atoms with Crippen molar-refractivity contribution in [3.8, 4) is 11.5 Å². The van der Waals surface area contributed by atoms with Crippen molar-refractivity contribution in [2.45, 2.75) is 32.7 Å². The summed E-state index contributed by atoms with van der Waals surface area (Å²) in [6, 6.07) is 12.1. The van der Waals surface area contributed by atoms with Crippen molar-refractivity contribution in [3.05, 3.63) is 53.6 Å². The molecular formula is C22H30N2O5S. The maximum Gasteiger partial charge on any atom is 0.243 e. The number of anilines is 1. The SMILES string of the molecule is COc1ccc(CCCNC(=O)C(C)N(c2cc(C)ccc2OC)S(C)(=O)=O)cc1. The number of nitrogens with one attached hydrogen (secondary N) is 1. The molecule has 1 unspecified atom stereocenters. The van der Waals surface area contributed by atoms with Crippen LogP contribution in [-0.4, -0.2) is 47.4 Å². The highest BCUT2D eigenvalue weighted by Crippen LogP contribution is 2.32. The lowest BCUT2D eigenvalue weighted by atomic mass is 10.1. The Labute approximate surface area is 179 Å². The highest BCUT2D eigenvalue weighted by Gasteiger charge is 2.31. The first-order chi connectivity index (χ1) is 14.2. The van der Waals surface area contributed by atoms with Crippen molar-refractivity contribution in [3.63, 3.8) is 0 Å². The molecule has 164 valence electrons. The first-order valence-corrected chi connectivity index (χ1v) is 11.6. The fourth-order valence-electron chi connectivity index (χ4n) is 3.20. The van der Waals surface area contributed by atoms with E-state index in [-0.39, 0.29) is 5.91 Å². The van der Waals surface area contributed by atoms with Gasteiger partial charge in [-0.25, -0.2) is 8.42 Å². The van der Waals surface area contributed by atoms with Crippen LogP contribution in [0, 0.1) is 6.92 Å². The molecule has 1 atom stereocenters. The lowest BCUT2D eigenvalue weighted by molar-refractivity contribution is -0.121. The van der Waals surface area contributed by atoms with Crippen LogP contribution < -0.4 is 19.1 Å². The molecule has 2 aromatic carbocycles. The summed E-state index contributed by atoms with van der Waals surface area (Å²) in [7, 11) is -0.618. The molecule has 0 saturated carbocycles. The van der Waals surface area contributed by atoms with Crippen LogP contribution in [0.3, 0.4) is 0 Å². The van der Waals surface area contributed by atoms with Crippen LogP contribution in [-0.2, 0) is 21.2 Å². The van der Waals surface area contributed by atoms with Crippen LogP contribution in [0.4, 0.5) is 5.69 Å². The van der Waals surface area contributed by atoms with Gasteiger partial charge in [0.05, 0.1) is 26.2 Å². The minimum absolute atomic E-state index is 0.348. The normalized spacial score (nSPS) is 12.2. The lowest BCUT2D eigenvalue weighted by Crippen LogP contribution is -2.48. The Morgan fingerprint density at radius 1 is 1.10 bits per heavy atom. The zero-order valence-electron chi connectivity index (χ0n) is 18.1. The van der Waals surface area contributed by atoms with E-state index in [2.05, 4.69) is 5.32 Å². The van der Waals surface area contributed by atoms with Crippen LogP contribution in [0.2, 0.25) is 0 Å². The summed E-state index contributed by atoms with van der Waals surface area (Å²) < 4.78 is 36.6. The van der Waals surface area contributed by atoms with Gasteiger partial charge in [0.2, 0.25) is 15.9 Å². The first kappa shape index (κ1) is 23.5. The van der Waals surface area contributed by atoms with E-state index >= 15 is 0 Å². The lowest BCUT2D eigenvalue weighted by Gasteiger charge is -2.29. The van der Waals surface area contributed by atoms with E-state index in [9.17, 15) is 13.2 Å². The third-order valence-corrected chi connectivity index (χ3v) is 5.99. The zero-order valence-corrected chi connectivity index (χ0v) is 19.0. The third kappa shape index (κ3) is 6.13. The van der Waals surface area contributed by atoms with Gasteiger partial charge < -0.3 is 14.8 Å². The van der Waals surface area contributed by atoms with E-state index in [0.717, 1.165) is 40.3 Å². The highest BCUT2D eigenvalue weighted by molar-refractivity contribution is 7.92. The Bertz CT molecular complexity index is 958. The van der Waals surface area contributed by atoms with Gasteiger partial charge >= 0.3 is 0 Å². The molecule has 2 aromatic rings. The van der Waals surface area contributed by atoms with Crippen LogP contribution in [0.5, 0.6) is 11.5 Å². The van der Waals surface area contributed by atoms with Gasteiger partial charge in [0, 0.05) is 6.54 Å². The second kappa shape index (κ2) is 10.3. The monoisotopic (exact) mass is 434 g/mol. The van der Waals surface area contributed by atoms with Crippen molar-refractivity contribution >= 4 is 21.6 Å². The summed E-state index contributed by atoms with van der Waals surface area (Å²) in [6.45, 7) is 3.87. The van der Waals surface area contributed by atoms with Crippen molar-refractivity contribution < 1.29 is 22.7 Å². The smallest absolute Gasteiger partial charge is 0.243 e. The fraction of sp³-hybridized carbons (Fsp3) is 0.409. The quantitative estimate of drug-likeness (QED) is 0.581. The Kier molecular flexibility index (Phi) is 8.11.